The first-order chi connectivity index (χ1) is 17.0. The Morgan fingerprint density at radius 2 is 1.86 bits per heavy atom. The number of ether oxygens (including phenoxy) is 1. The third-order valence-corrected chi connectivity index (χ3v) is 6.66. The molecule has 0 bridgehead atoms. The van der Waals surface area contributed by atoms with Crippen LogP contribution in [0.1, 0.15) is 34.8 Å². The average molecular weight is 494 g/mol. The number of hydrogen-bond acceptors (Lipinski definition) is 7. The molecule has 35 heavy (non-hydrogen) atoms. The quantitative estimate of drug-likeness (QED) is 0.161. The van der Waals surface area contributed by atoms with Crippen molar-refractivity contribution < 1.29 is 23.5 Å². The van der Waals surface area contributed by atoms with Crippen LogP contribution in [-0.4, -0.2) is 58.5 Å². The van der Waals surface area contributed by atoms with E-state index in [-0.39, 0.29) is 17.5 Å². The topological polar surface area (TPSA) is 89.5 Å². The summed E-state index contributed by atoms with van der Waals surface area (Å²) in [6.07, 6.45) is 3.12. The number of methoxy groups -OCH3 is 1. The van der Waals surface area contributed by atoms with Gasteiger partial charge in [-0.15, -0.1) is 0 Å². The van der Waals surface area contributed by atoms with Gasteiger partial charge in [0.25, 0.3) is 5.91 Å². The van der Waals surface area contributed by atoms with E-state index < -0.39 is 17.7 Å². The lowest BCUT2D eigenvalue weighted by Gasteiger charge is -2.33. The Morgan fingerprint density at radius 1 is 1.11 bits per heavy atom. The number of piperidine rings is 1. The van der Waals surface area contributed by atoms with Crippen LogP contribution in [0.15, 0.2) is 66.0 Å². The summed E-state index contributed by atoms with van der Waals surface area (Å²) in [6, 6.07) is 14.5. The summed E-state index contributed by atoms with van der Waals surface area (Å²) in [6.45, 7) is 0.804. The summed E-state index contributed by atoms with van der Waals surface area (Å²) < 4.78 is 18.2. The number of halogens is 1. The Hall–Kier alpha value is -3.59. The molecular weight excluding hydrogens is 469 g/mol. The monoisotopic (exact) mass is 493 g/mol. The van der Waals surface area contributed by atoms with E-state index in [0.29, 0.717) is 35.9 Å². The lowest BCUT2D eigenvalue weighted by Crippen LogP contribution is -2.43. The molecule has 0 N–H and O–H groups in total. The van der Waals surface area contributed by atoms with Gasteiger partial charge in [0.05, 0.1) is 18.6 Å². The fraction of sp³-hybridized carbons (Fsp3) is 0.269. The number of aromatic nitrogens is 2. The highest BCUT2D eigenvalue weighted by molar-refractivity contribution is 7.99. The van der Waals surface area contributed by atoms with Crippen LogP contribution in [0, 0.1) is 5.82 Å². The van der Waals surface area contributed by atoms with E-state index in [2.05, 4.69) is 4.98 Å². The van der Waals surface area contributed by atoms with Crippen molar-refractivity contribution in [3.05, 3.63) is 77.9 Å². The van der Waals surface area contributed by atoms with Crippen LogP contribution < -0.4 is 0 Å². The highest BCUT2D eigenvalue weighted by Gasteiger charge is 2.31. The van der Waals surface area contributed by atoms with Gasteiger partial charge in [0.15, 0.2) is 5.16 Å². The number of likely N-dealkylation sites (tertiary alicyclic amines) is 1. The zero-order valence-corrected chi connectivity index (χ0v) is 20.0. The number of ketones is 1. The molecule has 0 spiro atoms. The molecule has 1 fully saturated rings. The summed E-state index contributed by atoms with van der Waals surface area (Å²) >= 11 is 1.16. The third kappa shape index (κ3) is 5.92. The number of rotatable bonds is 7. The van der Waals surface area contributed by atoms with Gasteiger partial charge >= 0.3 is 5.97 Å². The molecule has 4 rings (SSSR count). The number of nitrogens with zero attached hydrogens (tertiary/aromatic N) is 3. The van der Waals surface area contributed by atoms with E-state index >= 15 is 0 Å². The maximum atomic E-state index is 13.5. The first-order valence-corrected chi connectivity index (χ1v) is 12.2. The second kappa shape index (κ2) is 11.2. The predicted molar refractivity (Wildman–Crippen MR) is 129 cm³/mol. The Bertz CT molecular complexity index is 1220. The molecule has 0 saturated carbocycles. The minimum atomic E-state index is -0.543. The van der Waals surface area contributed by atoms with Crippen molar-refractivity contribution in [2.75, 3.05) is 26.0 Å². The molecular formula is C26H24FN3O4S. The maximum absolute atomic E-state index is 13.5. The molecule has 7 nitrogen and oxygen atoms in total. The normalized spacial score (nSPS) is 15.5. The lowest BCUT2D eigenvalue weighted by atomic mass is 9.89. The molecule has 2 heterocycles. The van der Waals surface area contributed by atoms with Gasteiger partial charge in [-0.25, -0.2) is 14.4 Å². The molecule has 1 saturated heterocycles. The van der Waals surface area contributed by atoms with Crippen molar-refractivity contribution in [3.8, 4) is 11.1 Å². The van der Waals surface area contributed by atoms with E-state index in [1.165, 1.54) is 19.2 Å². The number of esters is 1. The van der Waals surface area contributed by atoms with E-state index in [1.807, 2.05) is 0 Å². The predicted octanol–water partition coefficient (Wildman–Crippen LogP) is 4.14. The largest absolute Gasteiger partial charge is 0.468 e. The summed E-state index contributed by atoms with van der Waals surface area (Å²) in [5.41, 5.74) is 2.52. The Morgan fingerprint density at radius 3 is 2.57 bits per heavy atom. The minimum Gasteiger partial charge on any atom is -0.468 e. The molecule has 1 aliphatic heterocycles. The van der Waals surface area contributed by atoms with Crippen molar-refractivity contribution in [2.45, 2.75) is 23.9 Å². The number of amides is 1. The van der Waals surface area contributed by atoms with Crippen LogP contribution in [-0.2, 0) is 14.3 Å². The van der Waals surface area contributed by atoms with Gasteiger partial charge in [0.2, 0.25) is 5.78 Å². The average Bonchev–Trinajstić information content (AvgIpc) is 2.91. The highest BCUT2D eigenvalue weighted by Crippen LogP contribution is 2.34. The zero-order valence-electron chi connectivity index (χ0n) is 19.1. The molecule has 0 radical (unpaired) electrons. The van der Waals surface area contributed by atoms with Crippen LogP contribution in [0.25, 0.3) is 11.1 Å². The molecule has 3 aromatic rings. The van der Waals surface area contributed by atoms with Crippen LogP contribution in [0.5, 0.6) is 0 Å². The van der Waals surface area contributed by atoms with Crippen LogP contribution in [0.3, 0.4) is 0 Å². The van der Waals surface area contributed by atoms with E-state index in [4.69, 9.17) is 9.72 Å². The van der Waals surface area contributed by atoms with Crippen molar-refractivity contribution in [1.29, 1.82) is 0 Å². The van der Waals surface area contributed by atoms with Crippen molar-refractivity contribution in [1.82, 2.24) is 14.9 Å². The third-order valence-electron chi connectivity index (χ3n) is 5.82. The standard InChI is InChI=1S/C26H24FN3O4S/c1-34-22(31)16-35-26-28-14-21(17-9-11-20(27)12-10-17)23(29-26)19-8-5-13-30(15-19)25(33)24(32)18-6-3-2-4-7-18/h2-4,6-7,9-12,14,19H,5,8,13,15-16H2,1H3/t19-/m0/s1. The Labute approximate surface area is 206 Å². The number of carbonyl (C=O) groups excluding carboxylic acids is 3. The van der Waals surface area contributed by atoms with Crippen LogP contribution in [0.2, 0.25) is 0 Å². The minimum absolute atomic E-state index is 0.0622. The Balaban J connectivity index is 1.62. The van der Waals surface area contributed by atoms with Gasteiger partial charge in [-0.2, -0.15) is 0 Å². The summed E-state index contributed by atoms with van der Waals surface area (Å²) in [4.78, 5) is 48.0. The molecule has 9 heteroatoms. The van der Waals surface area contributed by atoms with Gasteiger partial charge in [-0.05, 0) is 30.5 Å². The van der Waals surface area contributed by atoms with E-state index in [9.17, 15) is 18.8 Å². The molecule has 1 amide bonds. The van der Waals surface area contributed by atoms with Crippen LogP contribution in [0.4, 0.5) is 4.39 Å². The number of Topliss-reactive ketones (excluding diaryl/α,β-unsaturated/α-hetero) is 1. The fourth-order valence-electron chi connectivity index (χ4n) is 4.03. The van der Waals surface area contributed by atoms with Crippen molar-refractivity contribution in [3.63, 3.8) is 0 Å². The number of thioether (sulfide) groups is 1. The SMILES string of the molecule is COC(=O)CSc1ncc(-c2ccc(F)cc2)c([C@H]2CCCN(C(=O)C(=O)c3ccccc3)C2)n1. The second-order valence-electron chi connectivity index (χ2n) is 8.11. The van der Waals surface area contributed by atoms with Gasteiger partial charge in [-0.1, -0.05) is 54.2 Å². The summed E-state index contributed by atoms with van der Waals surface area (Å²) in [5.74, 6) is -1.92. The smallest absolute Gasteiger partial charge is 0.316 e. The molecule has 2 aromatic carbocycles. The molecule has 180 valence electrons. The number of carbonyl (C=O) groups is 3. The van der Waals surface area contributed by atoms with E-state index in [1.54, 1.807) is 53.6 Å². The first kappa shape index (κ1) is 24.5. The van der Waals surface area contributed by atoms with Gasteiger partial charge in [-0.3, -0.25) is 14.4 Å². The lowest BCUT2D eigenvalue weighted by molar-refractivity contribution is -0.137. The Kier molecular flexibility index (Phi) is 7.87. The van der Waals surface area contributed by atoms with Gasteiger partial charge in [0, 0.05) is 36.3 Å². The second-order valence-corrected chi connectivity index (χ2v) is 9.05. The fourth-order valence-corrected chi connectivity index (χ4v) is 4.69. The summed E-state index contributed by atoms with van der Waals surface area (Å²) in [5, 5.41) is 0.403. The molecule has 1 aliphatic rings. The summed E-state index contributed by atoms with van der Waals surface area (Å²) in [7, 11) is 1.32. The molecule has 1 aromatic heterocycles. The van der Waals surface area contributed by atoms with Crippen LogP contribution >= 0.6 is 11.8 Å². The molecule has 0 aliphatic carbocycles. The molecule has 0 unspecified atom stereocenters. The highest BCUT2D eigenvalue weighted by atomic mass is 32.2. The van der Waals surface area contributed by atoms with Crippen molar-refractivity contribution >= 4 is 29.4 Å². The number of benzene rings is 2. The van der Waals surface area contributed by atoms with Crippen molar-refractivity contribution in [2.24, 2.45) is 0 Å². The number of hydrogen-bond donors (Lipinski definition) is 0. The maximum Gasteiger partial charge on any atom is 0.316 e. The zero-order chi connectivity index (χ0) is 24.8. The van der Waals surface area contributed by atoms with Gasteiger partial charge in [0.1, 0.15) is 5.82 Å². The molecule has 1 atom stereocenters. The first-order valence-electron chi connectivity index (χ1n) is 11.2. The van der Waals surface area contributed by atoms with Gasteiger partial charge < -0.3 is 9.64 Å². The van der Waals surface area contributed by atoms with E-state index in [0.717, 1.165) is 29.3 Å².